The van der Waals surface area contributed by atoms with Gasteiger partial charge in [-0.1, -0.05) is 23.8 Å². The molecule has 2 heterocycles. The smallest absolute Gasteiger partial charge is 0.198 e. The summed E-state index contributed by atoms with van der Waals surface area (Å²) in [6.07, 6.45) is 1.85. The van der Waals surface area contributed by atoms with Gasteiger partial charge in [0.05, 0.1) is 0 Å². The van der Waals surface area contributed by atoms with Crippen molar-refractivity contribution >= 4 is 11.2 Å². The second kappa shape index (κ2) is 3.95. The maximum atomic E-state index is 5.53. The van der Waals surface area contributed by atoms with E-state index in [0.717, 1.165) is 11.1 Å². The first-order valence-corrected chi connectivity index (χ1v) is 5.94. The lowest BCUT2D eigenvalue weighted by Crippen LogP contribution is -1.86. The molecule has 2 aromatic heterocycles. The normalized spacial score (nSPS) is 11.1. The molecule has 0 aliphatic heterocycles. The number of fused-ring (bicyclic) bond motifs is 1. The molecule has 3 aromatic rings. The van der Waals surface area contributed by atoms with Gasteiger partial charge in [-0.25, -0.2) is 4.98 Å². The maximum absolute atomic E-state index is 5.53. The molecule has 0 saturated heterocycles. The van der Waals surface area contributed by atoms with Gasteiger partial charge in [0, 0.05) is 18.7 Å². The predicted molar refractivity (Wildman–Crippen MR) is 71.5 cm³/mol. The molecule has 0 radical (unpaired) electrons. The van der Waals surface area contributed by atoms with Crippen LogP contribution in [0.4, 0.5) is 0 Å². The molecule has 3 rings (SSSR count). The number of benzene rings is 1. The van der Waals surface area contributed by atoms with Gasteiger partial charge in [0.2, 0.25) is 0 Å². The zero-order valence-corrected chi connectivity index (χ0v) is 10.7. The highest BCUT2D eigenvalue weighted by atomic mass is 16.3. The summed E-state index contributed by atoms with van der Waals surface area (Å²) in [6.45, 7) is 6.03. The second-order valence-electron chi connectivity index (χ2n) is 4.60. The second-order valence-corrected chi connectivity index (χ2v) is 4.60. The topological polar surface area (TPSA) is 38.9 Å². The zero-order chi connectivity index (χ0) is 12.7. The van der Waals surface area contributed by atoms with Crippen molar-refractivity contribution < 1.29 is 4.42 Å². The minimum atomic E-state index is 0.649. The van der Waals surface area contributed by atoms with Crippen LogP contribution in [0.15, 0.2) is 34.9 Å². The van der Waals surface area contributed by atoms with Crippen molar-refractivity contribution in [3.63, 3.8) is 0 Å². The number of hydrogen-bond acceptors (Lipinski definition) is 3. The number of hydrogen-bond donors (Lipinski definition) is 0. The van der Waals surface area contributed by atoms with Crippen LogP contribution in [0.25, 0.3) is 22.4 Å². The SMILES string of the molecule is Cc1ccc(C)c(-c2cnc3nc(C)oc3c2)c1. The number of pyridine rings is 1. The average molecular weight is 238 g/mol. The Morgan fingerprint density at radius 2 is 1.89 bits per heavy atom. The average Bonchev–Trinajstić information content (AvgIpc) is 2.71. The Kier molecular flexibility index (Phi) is 2.40. The van der Waals surface area contributed by atoms with Crippen LogP contribution >= 0.6 is 0 Å². The Labute approximate surface area is 105 Å². The monoisotopic (exact) mass is 238 g/mol. The van der Waals surface area contributed by atoms with Crippen LogP contribution < -0.4 is 0 Å². The summed E-state index contributed by atoms with van der Waals surface area (Å²) in [5.74, 6) is 0.649. The molecule has 0 amide bonds. The number of aromatic nitrogens is 2. The third-order valence-corrected chi connectivity index (χ3v) is 3.06. The fourth-order valence-corrected chi connectivity index (χ4v) is 2.12. The van der Waals surface area contributed by atoms with Crippen molar-refractivity contribution in [3.8, 4) is 11.1 Å². The van der Waals surface area contributed by atoms with Gasteiger partial charge in [0.25, 0.3) is 0 Å². The molecule has 0 N–H and O–H groups in total. The highest BCUT2D eigenvalue weighted by molar-refractivity contribution is 5.77. The lowest BCUT2D eigenvalue weighted by Gasteiger charge is -2.06. The number of rotatable bonds is 1. The van der Waals surface area contributed by atoms with Gasteiger partial charge >= 0.3 is 0 Å². The molecular formula is C15H14N2O. The van der Waals surface area contributed by atoms with Gasteiger partial charge in [0.15, 0.2) is 17.1 Å². The van der Waals surface area contributed by atoms with Crippen LogP contribution in [-0.2, 0) is 0 Å². The largest absolute Gasteiger partial charge is 0.439 e. The van der Waals surface area contributed by atoms with Crippen LogP contribution in [0.3, 0.4) is 0 Å². The first-order chi connectivity index (χ1) is 8.63. The Bertz CT molecular complexity index is 728. The van der Waals surface area contributed by atoms with Gasteiger partial charge in [-0.3, -0.25) is 0 Å². The molecule has 0 spiro atoms. The van der Waals surface area contributed by atoms with E-state index in [-0.39, 0.29) is 0 Å². The van der Waals surface area contributed by atoms with E-state index in [9.17, 15) is 0 Å². The number of aryl methyl sites for hydroxylation is 3. The summed E-state index contributed by atoms with van der Waals surface area (Å²) >= 11 is 0. The summed E-state index contributed by atoms with van der Waals surface area (Å²) < 4.78 is 5.53. The van der Waals surface area contributed by atoms with E-state index in [1.165, 1.54) is 16.7 Å². The molecule has 3 heteroatoms. The van der Waals surface area contributed by atoms with Crippen molar-refractivity contribution in [1.29, 1.82) is 0 Å². The number of nitrogens with zero attached hydrogens (tertiary/aromatic N) is 2. The van der Waals surface area contributed by atoms with Crippen molar-refractivity contribution in [2.75, 3.05) is 0 Å². The van der Waals surface area contributed by atoms with Gasteiger partial charge in [-0.2, -0.15) is 4.98 Å². The molecule has 3 nitrogen and oxygen atoms in total. The minimum absolute atomic E-state index is 0.649. The fourth-order valence-electron chi connectivity index (χ4n) is 2.12. The van der Waals surface area contributed by atoms with Crippen LogP contribution in [0.2, 0.25) is 0 Å². The summed E-state index contributed by atoms with van der Waals surface area (Å²) in [5, 5.41) is 0. The van der Waals surface area contributed by atoms with Crippen LogP contribution in [0.5, 0.6) is 0 Å². The standard InChI is InChI=1S/C15H14N2O/c1-9-4-5-10(2)13(6-9)12-7-14-15(16-8-12)17-11(3)18-14/h4-8H,1-3H3. The summed E-state index contributed by atoms with van der Waals surface area (Å²) in [6, 6.07) is 8.41. The maximum Gasteiger partial charge on any atom is 0.198 e. The van der Waals surface area contributed by atoms with Crippen LogP contribution in [0.1, 0.15) is 17.0 Å². The molecule has 90 valence electrons. The molecular weight excluding hydrogens is 224 g/mol. The lowest BCUT2D eigenvalue weighted by molar-refractivity contribution is 0.561. The molecule has 0 unspecified atom stereocenters. The quantitative estimate of drug-likeness (QED) is 0.647. The molecule has 0 aliphatic rings. The highest BCUT2D eigenvalue weighted by Crippen LogP contribution is 2.26. The Hall–Kier alpha value is -2.16. The highest BCUT2D eigenvalue weighted by Gasteiger charge is 2.08. The summed E-state index contributed by atoms with van der Waals surface area (Å²) in [5.41, 5.74) is 6.15. The molecule has 1 aromatic carbocycles. The molecule has 0 saturated carbocycles. The Morgan fingerprint density at radius 3 is 2.72 bits per heavy atom. The number of oxazole rings is 1. The first kappa shape index (κ1) is 11.0. The molecule has 0 atom stereocenters. The first-order valence-electron chi connectivity index (χ1n) is 5.94. The van der Waals surface area contributed by atoms with Gasteiger partial charge in [-0.15, -0.1) is 0 Å². The van der Waals surface area contributed by atoms with E-state index in [1.807, 2.05) is 19.2 Å². The van der Waals surface area contributed by atoms with E-state index in [4.69, 9.17) is 4.42 Å². The van der Waals surface area contributed by atoms with E-state index < -0.39 is 0 Å². The molecule has 0 bridgehead atoms. The summed E-state index contributed by atoms with van der Waals surface area (Å²) in [4.78, 5) is 8.55. The van der Waals surface area contributed by atoms with Gasteiger partial charge in [-0.05, 0) is 31.0 Å². The third-order valence-electron chi connectivity index (χ3n) is 3.06. The van der Waals surface area contributed by atoms with Crippen molar-refractivity contribution in [2.24, 2.45) is 0 Å². The van der Waals surface area contributed by atoms with Crippen molar-refractivity contribution in [3.05, 3.63) is 47.5 Å². The zero-order valence-electron chi connectivity index (χ0n) is 10.7. The van der Waals surface area contributed by atoms with E-state index in [2.05, 4.69) is 42.0 Å². The third kappa shape index (κ3) is 1.78. The van der Waals surface area contributed by atoms with E-state index >= 15 is 0 Å². The Balaban J connectivity index is 2.21. The minimum Gasteiger partial charge on any atom is -0.439 e. The molecule has 18 heavy (non-hydrogen) atoms. The Morgan fingerprint density at radius 1 is 1.06 bits per heavy atom. The van der Waals surface area contributed by atoms with Gasteiger partial charge < -0.3 is 4.42 Å². The fraction of sp³-hybridized carbons (Fsp3) is 0.200. The molecule has 0 fully saturated rings. The lowest BCUT2D eigenvalue weighted by atomic mass is 10.00. The predicted octanol–water partition coefficient (Wildman–Crippen LogP) is 3.82. The van der Waals surface area contributed by atoms with Crippen molar-refractivity contribution in [1.82, 2.24) is 9.97 Å². The van der Waals surface area contributed by atoms with E-state index in [1.54, 1.807) is 0 Å². The van der Waals surface area contributed by atoms with Gasteiger partial charge in [0.1, 0.15) is 0 Å². The van der Waals surface area contributed by atoms with Crippen LogP contribution in [0, 0.1) is 20.8 Å². The van der Waals surface area contributed by atoms with Crippen molar-refractivity contribution in [2.45, 2.75) is 20.8 Å². The summed E-state index contributed by atoms with van der Waals surface area (Å²) in [7, 11) is 0. The van der Waals surface area contributed by atoms with Crippen LogP contribution in [-0.4, -0.2) is 9.97 Å². The van der Waals surface area contributed by atoms with E-state index in [0.29, 0.717) is 11.5 Å². The molecule has 0 aliphatic carbocycles.